The molecule has 0 saturated carbocycles. The van der Waals surface area contributed by atoms with Gasteiger partial charge < -0.3 is 9.88 Å². The number of benzene rings is 3. The third-order valence-corrected chi connectivity index (χ3v) is 5.40. The summed E-state index contributed by atoms with van der Waals surface area (Å²) in [5.74, 6) is -0.418. The van der Waals surface area contributed by atoms with Gasteiger partial charge in [0.2, 0.25) is 0 Å². The molecule has 1 aromatic heterocycles. The number of carbonyl (C=O) groups is 1. The molecular formula is C27H23N3O. The lowest BCUT2D eigenvalue weighted by atomic mass is 10.1. The van der Waals surface area contributed by atoms with Gasteiger partial charge >= 0.3 is 0 Å². The van der Waals surface area contributed by atoms with Crippen LogP contribution in [0.1, 0.15) is 22.5 Å². The van der Waals surface area contributed by atoms with Crippen LogP contribution in [0.15, 0.2) is 78.4 Å². The predicted molar refractivity (Wildman–Crippen MR) is 126 cm³/mol. The molecule has 0 atom stereocenters. The second-order valence-electron chi connectivity index (χ2n) is 7.69. The Morgan fingerprint density at radius 3 is 2.45 bits per heavy atom. The molecule has 31 heavy (non-hydrogen) atoms. The first kappa shape index (κ1) is 20.2. The lowest BCUT2D eigenvalue weighted by Crippen LogP contribution is -2.13. The van der Waals surface area contributed by atoms with Crippen LogP contribution >= 0.6 is 0 Å². The molecule has 152 valence electrons. The summed E-state index contributed by atoms with van der Waals surface area (Å²) in [6, 6.07) is 26.0. The maximum absolute atomic E-state index is 12.8. The number of rotatable bonds is 4. The number of anilines is 1. The molecular weight excluding hydrogens is 382 g/mol. The molecule has 0 aliphatic heterocycles. The van der Waals surface area contributed by atoms with Crippen LogP contribution in [0.5, 0.6) is 0 Å². The first-order valence-corrected chi connectivity index (χ1v) is 10.1. The van der Waals surface area contributed by atoms with Gasteiger partial charge in [-0.15, -0.1) is 0 Å². The van der Waals surface area contributed by atoms with E-state index >= 15 is 0 Å². The average molecular weight is 406 g/mol. The van der Waals surface area contributed by atoms with Crippen LogP contribution in [0.2, 0.25) is 0 Å². The summed E-state index contributed by atoms with van der Waals surface area (Å²) in [7, 11) is 0. The Kier molecular flexibility index (Phi) is 5.43. The number of amides is 1. The molecule has 0 spiro atoms. The fraction of sp³-hybridized carbons (Fsp3) is 0.111. The molecule has 0 radical (unpaired) electrons. The van der Waals surface area contributed by atoms with Gasteiger partial charge in [0, 0.05) is 22.8 Å². The van der Waals surface area contributed by atoms with Gasteiger partial charge in [0.1, 0.15) is 11.6 Å². The normalized spacial score (nSPS) is 11.4. The molecule has 1 N–H and O–H groups in total. The van der Waals surface area contributed by atoms with E-state index in [-0.39, 0.29) is 5.57 Å². The zero-order valence-corrected chi connectivity index (χ0v) is 17.8. The van der Waals surface area contributed by atoms with E-state index in [1.807, 2.05) is 68.4 Å². The van der Waals surface area contributed by atoms with E-state index in [2.05, 4.69) is 41.1 Å². The van der Waals surface area contributed by atoms with Crippen LogP contribution in [0.25, 0.3) is 22.5 Å². The largest absolute Gasteiger partial charge is 0.321 e. The number of hydrogen-bond donors (Lipinski definition) is 1. The highest BCUT2D eigenvalue weighted by Gasteiger charge is 2.14. The monoisotopic (exact) mass is 405 g/mol. The van der Waals surface area contributed by atoms with E-state index in [1.54, 1.807) is 6.08 Å². The lowest BCUT2D eigenvalue weighted by molar-refractivity contribution is -0.112. The van der Waals surface area contributed by atoms with Gasteiger partial charge in [0.15, 0.2) is 0 Å². The number of aryl methyl sites for hydroxylation is 2. The maximum Gasteiger partial charge on any atom is 0.266 e. The van der Waals surface area contributed by atoms with Gasteiger partial charge in [0.25, 0.3) is 5.91 Å². The minimum Gasteiger partial charge on any atom is -0.321 e. The lowest BCUT2D eigenvalue weighted by Gasteiger charge is -2.10. The smallest absolute Gasteiger partial charge is 0.266 e. The molecule has 4 nitrogen and oxygen atoms in total. The van der Waals surface area contributed by atoms with E-state index in [4.69, 9.17) is 0 Å². The summed E-state index contributed by atoms with van der Waals surface area (Å²) in [5, 5.41) is 14.6. The van der Waals surface area contributed by atoms with Crippen molar-refractivity contribution in [2.75, 3.05) is 5.32 Å². The highest BCUT2D eigenvalue weighted by atomic mass is 16.1. The molecule has 0 fully saturated rings. The van der Waals surface area contributed by atoms with Crippen molar-refractivity contribution in [2.24, 2.45) is 0 Å². The standard InChI is InChI=1S/C27H23N3O/c1-18-7-6-10-26(13-18)30-19(2)14-23(20(30)3)15-24(17-28)27(31)29-25-12-11-21-8-4-5-9-22(21)16-25/h4-16H,1-3H3,(H,29,31)/b24-15-. The van der Waals surface area contributed by atoms with Gasteiger partial charge in [-0.3, -0.25) is 4.79 Å². The maximum atomic E-state index is 12.8. The van der Waals surface area contributed by atoms with Crippen molar-refractivity contribution >= 4 is 28.4 Å². The Hall–Kier alpha value is -4.10. The number of hydrogen-bond acceptors (Lipinski definition) is 2. The first-order chi connectivity index (χ1) is 15.0. The predicted octanol–water partition coefficient (Wildman–Crippen LogP) is 6.10. The number of carbonyl (C=O) groups excluding carboxylic acids is 1. The van der Waals surface area contributed by atoms with Crippen LogP contribution in [-0.2, 0) is 4.79 Å². The zero-order chi connectivity index (χ0) is 22.0. The van der Waals surface area contributed by atoms with Crippen molar-refractivity contribution in [2.45, 2.75) is 20.8 Å². The highest BCUT2D eigenvalue weighted by Crippen LogP contribution is 2.24. The number of nitriles is 1. The molecule has 0 aliphatic carbocycles. The third-order valence-electron chi connectivity index (χ3n) is 5.40. The van der Waals surface area contributed by atoms with Crippen molar-refractivity contribution in [1.82, 2.24) is 4.57 Å². The van der Waals surface area contributed by atoms with Gasteiger partial charge in [0.05, 0.1) is 0 Å². The minimum atomic E-state index is -0.418. The fourth-order valence-corrected chi connectivity index (χ4v) is 3.87. The summed E-state index contributed by atoms with van der Waals surface area (Å²) in [6.45, 7) is 6.08. The molecule has 1 heterocycles. The summed E-state index contributed by atoms with van der Waals surface area (Å²) >= 11 is 0. The number of nitrogens with zero attached hydrogens (tertiary/aromatic N) is 2. The summed E-state index contributed by atoms with van der Waals surface area (Å²) < 4.78 is 2.13. The molecule has 0 unspecified atom stereocenters. The molecule has 4 heteroatoms. The van der Waals surface area contributed by atoms with E-state index in [9.17, 15) is 10.1 Å². The third kappa shape index (κ3) is 4.12. The number of fused-ring (bicyclic) bond motifs is 1. The Morgan fingerprint density at radius 1 is 0.935 bits per heavy atom. The molecule has 0 saturated heterocycles. The van der Waals surface area contributed by atoms with Gasteiger partial charge in [-0.25, -0.2) is 0 Å². The topological polar surface area (TPSA) is 57.8 Å². The SMILES string of the molecule is Cc1cccc(-n2c(C)cc(/C=C(/C#N)C(=O)Nc3ccc4ccccc4c3)c2C)c1. The fourth-order valence-electron chi connectivity index (χ4n) is 3.87. The van der Waals surface area contributed by atoms with Crippen LogP contribution in [0.4, 0.5) is 5.69 Å². The Labute approximate surface area is 182 Å². The van der Waals surface area contributed by atoms with Crippen molar-refractivity contribution in [3.05, 3.63) is 101 Å². The molecule has 1 amide bonds. The van der Waals surface area contributed by atoms with Crippen LogP contribution in [-0.4, -0.2) is 10.5 Å². The average Bonchev–Trinajstić information content (AvgIpc) is 3.04. The van der Waals surface area contributed by atoms with Crippen molar-refractivity contribution in [1.29, 1.82) is 5.26 Å². The van der Waals surface area contributed by atoms with E-state index in [1.165, 1.54) is 5.56 Å². The molecule has 3 aromatic carbocycles. The summed E-state index contributed by atoms with van der Waals surface area (Å²) in [6.07, 6.45) is 1.66. The second-order valence-corrected chi connectivity index (χ2v) is 7.69. The highest BCUT2D eigenvalue weighted by molar-refractivity contribution is 6.10. The number of aromatic nitrogens is 1. The van der Waals surface area contributed by atoms with Crippen LogP contribution in [0.3, 0.4) is 0 Å². The van der Waals surface area contributed by atoms with Crippen LogP contribution < -0.4 is 5.32 Å². The second kappa shape index (κ2) is 8.33. The van der Waals surface area contributed by atoms with Gasteiger partial charge in [-0.05, 0) is 79.1 Å². The van der Waals surface area contributed by atoms with Crippen molar-refractivity contribution in [3.63, 3.8) is 0 Å². The Bertz CT molecular complexity index is 1370. The molecule has 4 aromatic rings. The minimum absolute atomic E-state index is 0.0673. The van der Waals surface area contributed by atoms with Gasteiger partial charge in [-0.1, -0.05) is 42.5 Å². The van der Waals surface area contributed by atoms with Gasteiger partial charge in [-0.2, -0.15) is 5.26 Å². The van der Waals surface area contributed by atoms with E-state index < -0.39 is 5.91 Å². The molecule has 0 bridgehead atoms. The van der Waals surface area contributed by atoms with E-state index in [0.29, 0.717) is 5.69 Å². The Morgan fingerprint density at radius 2 is 1.71 bits per heavy atom. The molecule has 4 rings (SSSR count). The summed E-state index contributed by atoms with van der Waals surface area (Å²) in [5.41, 5.74) is 5.84. The van der Waals surface area contributed by atoms with E-state index in [0.717, 1.165) is 33.4 Å². The summed E-state index contributed by atoms with van der Waals surface area (Å²) in [4.78, 5) is 12.8. The zero-order valence-electron chi connectivity index (χ0n) is 17.8. The van der Waals surface area contributed by atoms with Crippen molar-refractivity contribution in [3.8, 4) is 11.8 Å². The first-order valence-electron chi connectivity index (χ1n) is 10.1. The molecule has 0 aliphatic rings. The quantitative estimate of drug-likeness (QED) is 0.329. The van der Waals surface area contributed by atoms with Crippen LogP contribution in [0, 0.1) is 32.1 Å². The Balaban J connectivity index is 1.64. The number of nitrogens with one attached hydrogen (secondary N) is 1. The van der Waals surface area contributed by atoms with Crippen molar-refractivity contribution < 1.29 is 4.79 Å².